The average molecular weight is 342 g/mol. The summed E-state index contributed by atoms with van der Waals surface area (Å²) in [5.41, 5.74) is 1.86. The van der Waals surface area contributed by atoms with Gasteiger partial charge in [0, 0.05) is 12.5 Å². The fourth-order valence-electron chi connectivity index (χ4n) is 3.60. The van der Waals surface area contributed by atoms with Crippen molar-refractivity contribution in [3.05, 3.63) is 16.4 Å². The van der Waals surface area contributed by atoms with E-state index in [2.05, 4.69) is 58.8 Å². The summed E-state index contributed by atoms with van der Waals surface area (Å²) < 4.78 is 3.41. The van der Waals surface area contributed by atoms with Crippen LogP contribution < -0.4 is 5.32 Å². The highest BCUT2D eigenvalue weighted by Crippen LogP contribution is 2.47. The molecule has 1 saturated carbocycles. The third-order valence-corrected chi connectivity index (χ3v) is 5.23. The molecular weight excluding hydrogens is 314 g/mol. The Morgan fingerprint density at radius 1 is 1.50 bits per heavy atom. The van der Waals surface area contributed by atoms with Crippen LogP contribution in [0.5, 0.6) is 0 Å². The van der Waals surface area contributed by atoms with E-state index in [-0.39, 0.29) is 0 Å². The number of nitrogens with one attached hydrogen (secondary N) is 1. The van der Waals surface area contributed by atoms with E-state index in [0.29, 0.717) is 11.3 Å². The Hall–Kier alpha value is -0.350. The minimum Gasteiger partial charge on any atom is -0.319 e. The predicted octanol–water partition coefficient (Wildman–Crippen LogP) is 4.18. The van der Waals surface area contributed by atoms with E-state index in [4.69, 9.17) is 0 Å². The number of hydrogen-bond acceptors (Lipinski definition) is 2. The van der Waals surface area contributed by atoms with Gasteiger partial charge in [-0.05, 0) is 66.5 Å². The molecule has 4 heteroatoms. The molecule has 1 N–H and O–H groups in total. The predicted molar refractivity (Wildman–Crippen MR) is 88.0 cm³/mol. The Balaban J connectivity index is 2.32. The van der Waals surface area contributed by atoms with E-state index < -0.39 is 0 Å². The van der Waals surface area contributed by atoms with Crippen LogP contribution in [0.3, 0.4) is 0 Å². The largest absolute Gasteiger partial charge is 0.319 e. The van der Waals surface area contributed by atoms with Crippen LogP contribution in [-0.4, -0.2) is 23.4 Å². The van der Waals surface area contributed by atoms with Crippen molar-refractivity contribution < 1.29 is 0 Å². The zero-order valence-electron chi connectivity index (χ0n) is 13.2. The lowest BCUT2D eigenvalue weighted by atomic mass is 9.66. The normalized spacial score (nSPS) is 25.9. The zero-order chi connectivity index (χ0) is 14.8. The van der Waals surface area contributed by atoms with Gasteiger partial charge in [-0.15, -0.1) is 0 Å². The molecule has 1 aromatic rings. The van der Waals surface area contributed by atoms with Gasteiger partial charge in [0.1, 0.15) is 0 Å². The number of aromatic nitrogens is 2. The summed E-state index contributed by atoms with van der Waals surface area (Å²) in [6, 6.07) is 0. The Kier molecular flexibility index (Phi) is 5.30. The van der Waals surface area contributed by atoms with Crippen LogP contribution in [0, 0.1) is 11.3 Å². The van der Waals surface area contributed by atoms with E-state index in [9.17, 15) is 0 Å². The molecule has 1 fully saturated rings. The van der Waals surface area contributed by atoms with Gasteiger partial charge in [-0.25, -0.2) is 0 Å². The van der Waals surface area contributed by atoms with Crippen LogP contribution in [0.1, 0.15) is 58.1 Å². The van der Waals surface area contributed by atoms with Gasteiger partial charge < -0.3 is 5.32 Å². The first-order valence-electron chi connectivity index (χ1n) is 7.84. The third kappa shape index (κ3) is 3.45. The first-order chi connectivity index (χ1) is 9.48. The number of hydrogen-bond donors (Lipinski definition) is 1. The van der Waals surface area contributed by atoms with Gasteiger partial charge in [0.25, 0.3) is 0 Å². The van der Waals surface area contributed by atoms with Crippen molar-refractivity contribution in [3.63, 3.8) is 0 Å². The van der Waals surface area contributed by atoms with E-state index >= 15 is 0 Å². The van der Waals surface area contributed by atoms with Gasteiger partial charge in [0.2, 0.25) is 0 Å². The lowest BCUT2D eigenvalue weighted by Gasteiger charge is -2.41. The second kappa shape index (κ2) is 6.61. The maximum absolute atomic E-state index is 4.57. The molecule has 1 aliphatic rings. The van der Waals surface area contributed by atoms with Crippen LogP contribution in [0.4, 0.5) is 0 Å². The van der Waals surface area contributed by atoms with Gasteiger partial charge in [0.05, 0.1) is 16.4 Å². The van der Waals surface area contributed by atoms with E-state index in [1.165, 1.54) is 29.4 Å². The molecule has 0 spiro atoms. The molecule has 0 saturated heterocycles. The number of halogens is 1. The number of nitrogens with zero attached hydrogens (tertiary/aromatic N) is 2. The Labute approximate surface area is 131 Å². The molecule has 1 heterocycles. The lowest BCUT2D eigenvalue weighted by molar-refractivity contribution is 0.155. The molecule has 0 amide bonds. The first kappa shape index (κ1) is 16.0. The molecule has 0 radical (unpaired) electrons. The highest BCUT2D eigenvalue weighted by atomic mass is 79.9. The van der Waals surface area contributed by atoms with Gasteiger partial charge >= 0.3 is 0 Å². The smallest absolute Gasteiger partial charge is 0.0635 e. The Morgan fingerprint density at radius 3 is 2.90 bits per heavy atom. The molecule has 3 nitrogen and oxygen atoms in total. The zero-order valence-corrected chi connectivity index (χ0v) is 14.8. The van der Waals surface area contributed by atoms with Crippen LogP contribution in [0.2, 0.25) is 0 Å². The van der Waals surface area contributed by atoms with E-state index in [1.807, 2.05) is 6.20 Å². The molecule has 0 aromatic carbocycles. The molecule has 114 valence electrons. The summed E-state index contributed by atoms with van der Waals surface area (Å²) in [6.07, 6.45) is 7.00. The summed E-state index contributed by atoms with van der Waals surface area (Å²) in [4.78, 5) is 0. The standard InChI is InChI=1S/C16H28BrN3/c1-5-8-20-15(14(17)11-19-20)13-9-16(2,3)7-6-12(13)10-18-4/h11-13,18H,5-10H2,1-4H3. The molecule has 20 heavy (non-hydrogen) atoms. The second-order valence-corrected chi connectivity index (χ2v) is 7.79. The monoisotopic (exact) mass is 341 g/mol. The van der Waals surface area contributed by atoms with Crippen molar-refractivity contribution in [2.45, 2.75) is 58.9 Å². The summed E-state index contributed by atoms with van der Waals surface area (Å²) in [5.74, 6) is 1.33. The summed E-state index contributed by atoms with van der Waals surface area (Å²) in [5, 5.41) is 7.96. The van der Waals surface area contributed by atoms with Gasteiger partial charge in [-0.2, -0.15) is 5.10 Å². The highest BCUT2D eigenvalue weighted by Gasteiger charge is 2.37. The molecule has 1 aliphatic carbocycles. The van der Waals surface area contributed by atoms with E-state index in [0.717, 1.165) is 25.4 Å². The average Bonchev–Trinajstić information content (AvgIpc) is 2.73. The lowest BCUT2D eigenvalue weighted by Crippen LogP contribution is -2.35. The quantitative estimate of drug-likeness (QED) is 0.870. The van der Waals surface area contributed by atoms with Crippen molar-refractivity contribution in [1.29, 1.82) is 0 Å². The molecule has 2 atom stereocenters. The first-order valence-corrected chi connectivity index (χ1v) is 8.63. The third-order valence-electron chi connectivity index (χ3n) is 4.62. The maximum Gasteiger partial charge on any atom is 0.0635 e. The molecule has 2 rings (SSSR count). The maximum atomic E-state index is 4.57. The fraction of sp³-hybridized carbons (Fsp3) is 0.812. The van der Waals surface area contributed by atoms with Gasteiger partial charge in [0.15, 0.2) is 0 Å². The minimum atomic E-state index is 0.440. The summed E-state index contributed by atoms with van der Waals surface area (Å²) in [7, 11) is 2.06. The van der Waals surface area contributed by atoms with Crippen LogP contribution >= 0.6 is 15.9 Å². The Bertz CT molecular complexity index is 439. The van der Waals surface area contributed by atoms with Gasteiger partial charge in [-0.3, -0.25) is 4.68 Å². The van der Waals surface area contributed by atoms with Crippen LogP contribution in [-0.2, 0) is 6.54 Å². The topological polar surface area (TPSA) is 29.9 Å². The van der Waals surface area contributed by atoms with Crippen LogP contribution in [0.25, 0.3) is 0 Å². The van der Waals surface area contributed by atoms with Crippen molar-refractivity contribution >= 4 is 15.9 Å². The van der Waals surface area contributed by atoms with Crippen molar-refractivity contribution in [3.8, 4) is 0 Å². The SMILES string of the molecule is CCCn1ncc(Br)c1C1CC(C)(C)CCC1CNC. The number of rotatable bonds is 5. The molecule has 0 aliphatic heterocycles. The van der Waals surface area contributed by atoms with Crippen molar-refractivity contribution in [1.82, 2.24) is 15.1 Å². The van der Waals surface area contributed by atoms with E-state index in [1.54, 1.807) is 0 Å². The number of aryl methyl sites for hydroxylation is 1. The summed E-state index contributed by atoms with van der Waals surface area (Å²) >= 11 is 3.74. The molecule has 0 bridgehead atoms. The van der Waals surface area contributed by atoms with Crippen molar-refractivity contribution in [2.24, 2.45) is 11.3 Å². The van der Waals surface area contributed by atoms with Gasteiger partial charge in [-0.1, -0.05) is 20.8 Å². The Morgan fingerprint density at radius 2 is 2.25 bits per heavy atom. The molecule has 1 aromatic heterocycles. The molecular formula is C16H28BrN3. The fourth-order valence-corrected chi connectivity index (χ4v) is 4.19. The second-order valence-electron chi connectivity index (χ2n) is 6.93. The summed E-state index contributed by atoms with van der Waals surface area (Å²) in [6.45, 7) is 9.15. The van der Waals surface area contributed by atoms with Crippen molar-refractivity contribution in [2.75, 3.05) is 13.6 Å². The minimum absolute atomic E-state index is 0.440. The molecule has 2 unspecified atom stereocenters. The highest BCUT2D eigenvalue weighted by molar-refractivity contribution is 9.10. The van der Waals surface area contributed by atoms with Crippen LogP contribution in [0.15, 0.2) is 10.7 Å².